The second kappa shape index (κ2) is 7.15. The minimum atomic E-state index is -0.542. The number of fused-ring (bicyclic) bond motifs is 1. The number of carbonyl (C=O) groups is 2. The molecule has 0 atom stereocenters. The van der Waals surface area contributed by atoms with Crippen molar-refractivity contribution in [1.29, 1.82) is 0 Å². The highest BCUT2D eigenvalue weighted by Gasteiger charge is 2.38. The molecule has 0 bridgehead atoms. The molecule has 1 aliphatic rings. The first-order valence-electron chi connectivity index (χ1n) is 8.66. The van der Waals surface area contributed by atoms with E-state index >= 15 is 0 Å². The van der Waals surface area contributed by atoms with E-state index in [4.69, 9.17) is 4.74 Å². The lowest BCUT2D eigenvalue weighted by Crippen LogP contribution is -2.25. The summed E-state index contributed by atoms with van der Waals surface area (Å²) in [6.45, 7) is 5.60. The van der Waals surface area contributed by atoms with Crippen LogP contribution in [0.2, 0.25) is 0 Å². The Kier molecular flexibility index (Phi) is 5.06. The van der Waals surface area contributed by atoms with Gasteiger partial charge in [-0.05, 0) is 30.1 Å². The van der Waals surface area contributed by atoms with Gasteiger partial charge >= 0.3 is 5.97 Å². The van der Waals surface area contributed by atoms with Gasteiger partial charge in [-0.3, -0.25) is 4.79 Å². The van der Waals surface area contributed by atoms with Crippen molar-refractivity contribution < 1.29 is 14.3 Å². The number of carbonyl (C=O) groups excluding carboxylic acids is 2. The molecule has 142 valence electrons. The van der Waals surface area contributed by atoms with Gasteiger partial charge < -0.3 is 15.0 Å². The predicted molar refractivity (Wildman–Crippen MR) is 108 cm³/mol. The number of allylic oxidation sites excluding steroid dienone is 1. The van der Waals surface area contributed by atoms with Crippen molar-refractivity contribution in [2.45, 2.75) is 26.2 Å². The van der Waals surface area contributed by atoms with Crippen molar-refractivity contribution in [3.8, 4) is 0 Å². The number of likely N-dealkylation sites (N-methyl/N-ethyl adjacent to an activating group) is 1. The van der Waals surface area contributed by atoms with Gasteiger partial charge in [0.25, 0.3) is 0 Å². The van der Waals surface area contributed by atoms with Crippen molar-refractivity contribution in [3.05, 3.63) is 52.9 Å². The van der Waals surface area contributed by atoms with E-state index in [-0.39, 0.29) is 17.8 Å². The fraction of sp³-hybridized carbons (Fsp3) is 0.350. The van der Waals surface area contributed by atoms with E-state index in [0.717, 1.165) is 11.4 Å². The van der Waals surface area contributed by atoms with Gasteiger partial charge in [0.2, 0.25) is 0 Å². The fourth-order valence-electron chi connectivity index (χ4n) is 3.44. The molecule has 1 aromatic carbocycles. The van der Waals surface area contributed by atoms with Gasteiger partial charge in [0.1, 0.15) is 10.6 Å². The molecule has 3 rings (SSSR count). The van der Waals surface area contributed by atoms with Crippen LogP contribution in [-0.2, 0) is 14.9 Å². The number of ketones is 1. The summed E-state index contributed by atoms with van der Waals surface area (Å²) in [5.41, 5.74) is 3.81. The standard InChI is InChI=1S/C20H23N3O3S/c1-12-17(18(21-4)27-22-12)19(25)26-11-13(24)10-16-20(2,3)14-8-6-7-9-15(14)23(16)5/h6-10,21H,11H2,1-5H3. The van der Waals surface area contributed by atoms with Crippen LogP contribution in [0.5, 0.6) is 0 Å². The number of para-hydroxylation sites is 1. The van der Waals surface area contributed by atoms with Crippen LogP contribution >= 0.6 is 11.5 Å². The van der Waals surface area contributed by atoms with E-state index in [1.165, 1.54) is 17.1 Å². The average molecular weight is 385 g/mol. The highest BCUT2D eigenvalue weighted by atomic mass is 32.1. The molecule has 0 spiro atoms. The molecule has 1 aliphatic heterocycles. The van der Waals surface area contributed by atoms with Crippen molar-refractivity contribution in [2.75, 3.05) is 30.9 Å². The van der Waals surface area contributed by atoms with Gasteiger partial charge in [0, 0.05) is 37.0 Å². The summed E-state index contributed by atoms with van der Waals surface area (Å²) in [6.07, 6.45) is 1.57. The van der Waals surface area contributed by atoms with E-state index in [1.807, 2.05) is 30.1 Å². The number of aryl methyl sites for hydroxylation is 1. The Balaban J connectivity index is 1.74. The topological polar surface area (TPSA) is 71.5 Å². The molecule has 7 heteroatoms. The number of benzene rings is 1. The number of rotatable bonds is 5. The lowest BCUT2D eigenvalue weighted by atomic mass is 9.83. The minimum Gasteiger partial charge on any atom is -0.454 e. The third-order valence-electron chi connectivity index (χ3n) is 4.88. The maximum absolute atomic E-state index is 12.5. The molecule has 1 aromatic heterocycles. The van der Waals surface area contributed by atoms with Crippen molar-refractivity contribution in [2.24, 2.45) is 0 Å². The number of nitrogens with one attached hydrogen (secondary N) is 1. The smallest absolute Gasteiger partial charge is 0.343 e. The van der Waals surface area contributed by atoms with Crippen LogP contribution in [0, 0.1) is 6.92 Å². The number of anilines is 2. The van der Waals surface area contributed by atoms with Gasteiger partial charge in [0.05, 0.1) is 5.69 Å². The van der Waals surface area contributed by atoms with Crippen LogP contribution in [0.4, 0.5) is 10.7 Å². The van der Waals surface area contributed by atoms with E-state index in [2.05, 4.69) is 29.6 Å². The molecule has 0 amide bonds. The van der Waals surface area contributed by atoms with Gasteiger partial charge in [0.15, 0.2) is 12.4 Å². The number of ether oxygens (including phenoxy) is 1. The van der Waals surface area contributed by atoms with E-state index in [1.54, 1.807) is 20.0 Å². The third-order valence-corrected chi connectivity index (χ3v) is 5.83. The normalized spacial score (nSPS) is 16.3. The zero-order chi connectivity index (χ0) is 19.8. The number of hydrogen-bond donors (Lipinski definition) is 1. The maximum atomic E-state index is 12.5. The van der Waals surface area contributed by atoms with Gasteiger partial charge in [-0.1, -0.05) is 32.0 Å². The molecule has 27 heavy (non-hydrogen) atoms. The van der Waals surface area contributed by atoms with Gasteiger partial charge in [-0.2, -0.15) is 4.37 Å². The molecule has 2 aromatic rings. The first-order chi connectivity index (χ1) is 12.8. The maximum Gasteiger partial charge on any atom is 0.343 e. The molecule has 0 radical (unpaired) electrons. The monoisotopic (exact) mass is 385 g/mol. The Hall–Kier alpha value is -2.67. The summed E-state index contributed by atoms with van der Waals surface area (Å²) in [5.74, 6) is -0.794. The van der Waals surface area contributed by atoms with Crippen LogP contribution < -0.4 is 10.2 Å². The van der Waals surface area contributed by atoms with Gasteiger partial charge in [-0.25, -0.2) is 4.79 Å². The van der Waals surface area contributed by atoms with Crippen LogP contribution in [0.1, 0.15) is 35.5 Å². The summed E-state index contributed by atoms with van der Waals surface area (Å²) in [6, 6.07) is 8.09. The molecule has 0 saturated carbocycles. The predicted octanol–water partition coefficient (Wildman–Crippen LogP) is 3.53. The highest BCUT2D eigenvalue weighted by molar-refractivity contribution is 7.10. The Labute approximate surface area is 163 Å². The van der Waals surface area contributed by atoms with Gasteiger partial charge in [-0.15, -0.1) is 0 Å². The van der Waals surface area contributed by atoms with E-state index in [9.17, 15) is 9.59 Å². The molecule has 0 fully saturated rings. The Morgan fingerprint density at radius 2 is 2.04 bits per heavy atom. The molecule has 0 aliphatic carbocycles. The van der Waals surface area contributed by atoms with Crippen molar-refractivity contribution in [1.82, 2.24) is 4.37 Å². The lowest BCUT2D eigenvalue weighted by Gasteiger charge is -2.23. The van der Waals surface area contributed by atoms with Crippen LogP contribution in [0.25, 0.3) is 0 Å². The van der Waals surface area contributed by atoms with Crippen LogP contribution in [-0.4, -0.2) is 36.8 Å². The largest absolute Gasteiger partial charge is 0.454 e. The first-order valence-corrected chi connectivity index (χ1v) is 9.44. The molecule has 0 unspecified atom stereocenters. The Bertz CT molecular complexity index is 930. The second-order valence-electron chi connectivity index (χ2n) is 7.00. The zero-order valence-electron chi connectivity index (χ0n) is 16.1. The van der Waals surface area contributed by atoms with Crippen molar-refractivity contribution in [3.63, 3.8) is 0 Å². The zero-order valence-corrected chi connectivity index (χ0v) is 16.9. The lowest BCUT2D eigenvalue weighted by molar-refractivity contribution is -0.117. The number of esters is 1. The second-order valence-corrected chi connectivity index (χ2v) is 7.77. The summed E-state index contributed by atoms with van der Waals surface area (Å²) in [4.78, 5) is 26.8. The van der Waals surface area contributed by atoms with E-state index in [0.29, 0.717) is 16.3 Å². The summed E-state index contributed by atoms with van der Waals surface area (Å²) in [5, 5.41) is 3.56. The number of aromatic nitrogens is 1. The van der Waals surface area contributed by atoms with Crippen molar-refractivity contribution >= 4 is 34.0 Å². The van der Waals surface area contributed by atoms with Crippen LogP contribution in [0.3, 0.4) is 0 Å². The summed E-state index contributed by atoms with van der Waals surface area (Å²) >= 11 is 1.19. The summed E-state index contributed by atoms with van der Waals surface area (Å²) < 4.78 is 9.38. The SMILES string of the molecule is CNc1snc(C)c1C(=O)OCC(=O)C=C1N(C)c2ccccc2C1(C)C. The Morgan fingerprint density at radius 3 is 2.70 bits per heavy atom. The quantitative estimate of drug-likeness (QED) is 0.627. The first kappa shape index (κ1) is 19.1. The van der Waals surface area contributed by atoms with E-state index < -0.39 is 5.97 Å². The molecule has 6 nitrogen and oxygen atoms in total. The average Bonchev–Trinajstić information content (AvgIpc) is 3.11. The third kappa shape index (κ3) is 3.35. The number of hydrogen-bond acceptors (Lipinski definition) is 7. The molecule has 2 heterocycles. The molecule has 0 saturated heterocycles. The molecular weight excluding hydrogens is 362 g/mol. The number of nitrogens with zero attached hydrogens (tertiary/aromatic N) is 2. The van der Waals surface area contributed by atoms with Crippen LogP contribution in [0.15, 0.2) is 36.0 Å². The summed E-state index contributed by atoms with van der Waals surface area (Å²) in [7, 11) is 3.66. The Morgan fingerprint density at radius 1 is 1.33 bits per heavy atom. The molecule has 1 N–H and O–H groups in total. The fourth-order valence-corrected chi connectivity index (χ4v) is 4.18. The highest BCUT2D eigenvalue weighted by Crippen LogP contribution is 2.46. The molecular formula is C20H23N3O3S. The minimum absolute atomic E-state index is 0.252.